The van der Waals surface area contributed by atoms with Gasteiger partial charge >= 0.3 is 0 Å². The van der Waals surface area contributed by atoms with Crippen molar-refractivity contribution in [3.63, 3.8) is 0 Å². The fraction of sp³-hybridized carbons (Fsp3) is 0.118. The van der Waals surface area contributed by atoms with E-state index in [1.165, 1.54) is 13.1 Å². The second-order valence-corrected chi connectivity index (χ2v) is 6.27. The van der Waals surface area contributed by atoms with Gasteiger partial charge in [0.2, 0.25) is 5.91 Å². The summed E-state index contributed by atoms with van der Waals surface area (Å²) in [7, 11) is 0. The van der Waals surface area contributed by atoms with Gasteiger partial charge in [0.25, 0.3) is 5.91 Å². The van der Waals surface area contributed by atoms with E-state index in [0.717, 1.165) is 10.0 Å². The second kappa shape index (κ2) is 8.61. The molecule has 0 radical (unpaired) electrons. The predicted octanol–water partition coefficient (Wildman–Crippen LogP) is 3.83. The van der Waals surface area contributed by atoms with Gasteiger partial charge in [-0.05, 0) is 52.7 Å². The molecular weight excluding hydrogens is 394 g/mol. The molecule has 0 spiro atoms. The highest BCUT2D eigenvalue weighted by atomic mass is 79.9. The van der Waals surface area contributed by atoms with Crippen LogP contribution in [-0.2, 0) is 9.59 Å². The Morgan fingerprint density at radius 3 is 2.46 bits per heavy atom. The van der Waals surface area contributed by atoms with E-state index in [2.05, 4.69) is 31.8 Å². The number of hydrazone groups is 1. The summed E-state index contributed by atoms with van der Waals surface area (Å²) in [6.45, 7) is 1.51. The van der Waals surface area contributed by atoms with Crippen molar-refractivity contribution in [2.75, 3.05) is 5.32 Å². The molecule has 0 fully saturated rings. The van der Waals surface area contributed by atoms with E-state index < -0.39 is 17.7 Å². The summed E-state index contributed by atoms with van der Waals surface area (Å²) in [6.07, 6.45) is 1.48. The van der Waals surface area contributed by atoms with Gasteiger partial charge in [0.05, 0.1) is 11.9 Å². The van der Waals surface area contributed by atoms with Crippen LogP contribution in [0.15, 0.2) is 58.1 Å². The SMILES string of the molecule is CC(C(=O)NN=Cc1ccc(Cl)cc1)C(=O)Nc1ccccc1Br. The molecule has 124 valence electrons. The van der Waals surface area contributed by atoms with E-state index >= 15 is 0 Å². The second-order valence-electron chi connectivity index (χ2n) is 4.98. The maximum absolute atomic E-state index is 12.1. The molecule has 5 nitrogen and oxygen atoms in total. The van der Waals surface area contributed by atoms with E-state index in [9.17, 15) is 9.59 Å². The van der Waals surface area contributed by atoms with Crippen LogP contribution in [0, 0.1) is 5.92 Å². The molecule has 2 amide bonds. The van der Waals surface area contributed by atoms with Gasteiger partial charge in [-0.25, -0.2) is 5.43 Å². The molecule has 2 aromatic carbocycles. The van der Waals surface area contributed by atoms with E-state index in [1.807, 2.05) is 6.07 Å². The topological polar surface area (TPSA) is 70.6 Å². The van der Waals surface area contributed by atoms with Gasteiger partial charge in [0, 0.05) is 9.50 Å². The molecule has 0 saturated carbocycles. The number of rotatable bonds is 5. The number of halogens is 2. The van der Waals surface area contributed by atoms with Gasteiger partial charge in [0.1, 0.15) is 5.92 Å². The summed E-state index contributed by atoms with van der Waals surface area (Å²) < 4.78 is 0.742. The Bertz CT molecular complexity index is 763. The monoisotopic (exact) mass is 407 g/mol. The first-order valence-corrected chi connectivity index (χ1v) is 8.28. The van der Waals surface area contributed by atoms with Crippen LogP contribution in [-0.4, -0.2) is 18.0 Å². The number of carbonyl (C=O) groups is 2. The molecule has 0 aromatic heterocycles. The number of hydrogen-bond donors (Lipinski definition) is 2. The van der Waals surface area contributed by atoms with Crippen LogP contribution in [0.25, 0.3) is 0 Å². The maximum atomic E-state index is 12.1. The first-order valence-electron chi connectivity index (χ1n) is 7.11. The largest absolute Gasteiger partial charge is 0.324 e. The highest BCUT2D eigenvalue weighted by Crippen LogP contribution is 2.21. The number of amides is 2. The Morgan fingerprint density at radius 2 is 1.79 bits per heavy atom. The fourth-order valence-corrected chi connectivity index (χ4v) is 2.25. The van der Waals surface area contributed by atoms with Gasteiger partial charge in [-0.15, -0.1) is 0 Å². The molecule has 1 atom stereocenters. The predicted molar refractivity (Wildman–Crippen MR) is 99.1 cm³/mol. The summed E-state index contributed by atoms with van der Waals surface area (Å²) in [5.41, 5.74) is 3.74. The van der Waals surface area contributed by atoms with E-state index in [0.29, 0.717) is 10.7 Å². The van der Waals surface area contributed by atoms with Crippen LogP contribution in [0.2, 0.25) is 5.02 Å². The molecule has 2 aromatic rings. The summed E-state index contributed by atoms with van der Waals surface area (Å²) in [5.74, 6) is -1.80. The highest BCUT2D eigenvalue weighted by Gasteiger charge is 2.21. The third kappa shape index (κ3) is 5.18. The minimum absolute atomic E-state index is 0.416. The molecule has 2 N–H and O–H groups in total. The van der Waals surface area contributed by atoms with Crippen molar-refractivity contribution >= 4 is 51.2 Å². The van der Waals surface area contributed by atoms with Crippen LogP contribution >= 0.6 is 27.5 Å². The standard InChI is InChI=1S/C17H15BrClN3O2/c1-11(16(23)21-15-5-3-2-4-14(15)18)17(24)22-20-10-12-6-8-13(19)9-7-12/h2-11H,1H3,(H,21,23)(H,22,24). The van der Waals surface area contributed by atoms with E-state index in [4.69, 9.17) is 11.6 Å². The van der Waals surface area contributed by atoms with Crippen molar-refractivity contribution in [2.45, 2.75) is 6.92 Å². The maximum Gasteiger partial charge on any atom is 0.252 e. The Morgan fingerprint density at radius 1 is 1.12 bits per heavy atom. The fourth-order valence-electron chi connectivity index (χ4n) is 1.74. The smallest absolute Gasteiger partial charge is 0.252 e. The molecule has 0 heterocycles. The van der Waals surface area contributed by atoms with Crippen LogP contribution < -0.4 is 10.7 Å². The van der Waals surface area contributed by atoms with Gasteiger partial charge in [-0.2, -0.15) is 5.10 Å². The average Bonchev–Trinajstić information content (AvgIpc) is 2.58. The molecule has 0 aliphatic heterocycles. The molecule has 2 rings (SSSR count). The van der Waals surface area contributed by atoms with Gasteiger partial charge in [-0.1, -0.05) is 35.9 Å². The quantitative estimate of drug-likeness (QED) is 0.448. The number of anilines is 1. The zero-order valence-corrected chi connectivity index (χ0v) is 15.1. The van der Waals surface area contributed by atoms with Crippen LogP contribution in [0.1, 0.15) is 12.5 Å². The van der Waals surface area contributed by atoms with Crippen molar-refractivity contribution in [1.29, 1.82) is 0 Å². The minimum Gasteiger partial charge on any atom is -0.324 e. The zero-order chi connectivity index (χ0) is 17.5. The Balaban J connectivity index is 1.90. The number of benzene rings is 2. The Labute approximate surface area is 153 Å². The average molecular weight is 409 g/mol. The van der Waals surface area contributed by atoms with E-state index in [-0.39, 0.29) is 0 Å². The lowest BCUT2D eigenvalue weighted by atomic mass is 10.1. The normalized spacial score (nSPS) is 12.0. The number of nitrogens with one attached hydrogen (secondary N) is 2. The first-order chi connectivity index (χ1) is 11.5. The molecule has 1 unspecified atom stereocenters. The Hall–Kier alpha value is -2.18. The van der Waals surface area contributed by atoms with Crippen LogP contribution in [0.5, 0.6) is 0 Å². The Kier molecular flexibility index (Phi) is 6.52. The first kappa shape index (κ1) is 18.2. The summed E-state index contributed by atoms with van der Waals surface area (Å²) in [5, 5.41) is 7.15. The molecule has 0 bridgehead atoms. The molecule has 0 saturated heterocycles. The van der Waals surface area contributed by atoms with Crippen LogP contribution in [0.3, 0.4) is 0 Å². The summed E-state index contributed by atoms with van der Waals surface area (Å²) >= 11 is 9.12. The molecule has 0 aliphatic carbocycles. The van der Waals surface area contributed by atoms with E-state index in [1.54, 1.807) is 42.5 Å². The van der Waals surface area contributed by atoms with Gasteiger partial charge in [-0.3, -0.25) is 9.59 Å². The summed E-state index contributed by atoms with van der Waals surface area (Å²) in [6, 6.07) is 14.1. The third-order valence-electron chi connectivity index (χ3n) is 3.18. The highest BCUT2D eigenvalue weighted by molar-refractivity contribution is 9.10. The third-order valence-corrected chi connectivity index (χ3v) is 4.12. The van der Waals surface area contributed by atoms with Crippen molar-refractivity contribution in [1.82, 2.24) is 5.43 Å². The summed E-state index contributed by atoms with van der Waals surface area (Å²) in [4.78, 5) is 24.1. The zero-order valence-electron chi connectivity index (χ0n) is 12.8. The van der Waals surface area contributed by atoms with Crippen LogP contribution in [0.4, 0.5) is 5.69 Å². The lowest BCUT2D eigenvalue weighted by Gasteiger charge is -2.11. The minimum atomic E-state index is -0.889. The van der Waals surface area contributed by atoms with Crippen molar-refractivity contribution in [2.24, 2.45) is 11.0 Å². The number of carbonyl (C=O) groups excluding carboxylic acids is 2. The van der Waals surface area contributed by atoms with Crippen molar-refractivity contribution in [3.05, 3.63) is 63.6 Å². The number of para-hydroxylation sites is 1. The number of hydrogen-bond acceptors (Lipinski definition) is 3. The molecule has 0 aliphatic rings. The van der Waals surface area contributed by atoms with Crippen molar-refractivity contribution in [3.8, 4) is 0 Å². The lowest BCUT2D eigenvalue weighted by Crippen LogP contribution is -2.34. The van der Waals surface area contributed by atoms with Crippen molar-refractivity contribution < 1.29 is 9.59 Å². The number of nitrogens with zero attached hydrogens (tertiary/aromatic N) is 1. The molecular formula is C17H15BrClN3O2. The molecule has 7 heteroatoms. The van der Waals surface area contributed by atoms with Gasteiger partial charge < -0.3 is 5.32 Å². The molecule has 24 heavy (non-hydrogen) atoms. The van der Waals surface area contributed by atoms with Gasteiger partial charge in [0.15, 0.2) is 0 Å². The lowest BCUT2D eigenvalue weighted by molar-refractivity contribution is -0.131.